The van der Waals surface area contributed by atoms with Gasteiger partial charge in [-0.05, 0) is 32.3 Å². The molecule has 0 fully saturated rings. The maximum Gasteiger partial charge on any atom is 0.127 e. The maximum atomic E-state index is 13.4. The van der Waals surface area contributed by atoms with Crippen LogP contribution in [0.2, 0.25) is 0 Å². The zero-order valence-electron chi connectivity index (χ0n) is 9.17. The fourth-order valence-electron chi connectivity index (χ4n) is 1.58. The van der Waals surface area contributed by atoms with Gasteiger partial charge in [0, 0.05) is 11.6 Å². The van der Waals surface area contributed by atoms with Gasteiger partial charge in [0.1, 0.15) is 5.82 Å². The van der Waals surface area contributed by atoms with Crippen LogP contribution >= 0.6 is 0 Å². The molecule has 0 saturated carbocycles. The highest BCUT2D eigenvalue weighted by atomic mass is 19.1. The zero-order valence-corrected chi connectivity index (χ0v) is 9.17. The van der Waals surface area contributed by atoms with E-state index in [1.807, 2.05) is 19.1 Å². The van der Waals surface area contributed by atoms with Gasteiger partial charge in [-0.2, -0.15) is 0 Å². The second-order valence-corrected chi connectivity index (χ2v) is 3.85. The number of hydrogen-bond donors (Lipinski definition) is 1. The molecule has 1 nitrogen and oxygen atoms in total. The van der Waals surface area contributed by atoms with Gasteiger partial charge < -0.3 is 5.73 Å². The van der Waals surface area contributed by atoms with Crippen molar-refractivity contribution >= 4 is 0 Å². The summed E-state index contributed by atoms with van der Waals surface area (Å²) in [5.74, 6) is -0.202. The quantitative estimate of drug-likeness (QED) is 0.580. The highest BCUT2D eigenvalue weighted by Crippen LogP contribution is 2.21. The summed E-state index contributed by atoms with van der Waals surface area (Å²) in [5.41, 5.74) is 7.60. The van der Waals surface area contributed by atoms with Crippen LogP contribution in [0.3, 0.4) is 0 Å². The van der Waals surface area contributed by atoms with E-state index in [0.717, 1.165) is 24.8 Å². The molecular weight excluding hydrogens is 189 g/mol. The van der Waals surface area contributed by atoms with Crippen molar-refractivity contribution in [2.45, 2.75) is 32.2 Å². The Hall–Kier alpha value is -1.15. The number of halogens is 1. The summed E-state index contributed by atoms with van der Waals surface area (Å²) in [6, 6.07) is 4.87. The van der Waals surface area contributed by atoms with Crippen molar-refractivity contribution < 1.29 is 4.39 Å². The van der Waals surface area contributed by atoms with Gasteiger partial charge in [-0.25, -0.2) is 4.39 Å². The van der Waals surface area contributed by atoms with E-state index in [0.29, 0.717) is 5.56 Å². The fourth-order valence-corrected chi connectivity index (χ4v) is 1.58. The van der Waals surface area contributed by atoms with E-state index in [1.165, 1.54) is 6.07 Å². The van der Waals surface area contributed by atoms with Crippen molar-refractivity contribution in [1.29, 1.82) is 0 Å². The number of allylic oxidation sites excluding steroid dienone is 1. The Morgan fingerprint density at radius 1 is 1.53 bits per heavy atom. The largest absolute Gasteiger partial charge is 0.324 e. The zero-order chi connectivity index (χ0) is 11.3. The van der Waals surface area contributed by atoms with Gasteiger partial charge in [0.15, 0.2) is 0 Å². The lowest BCUT2D eigenvalue weighted by atomic mass is 9.99. The SMILES string of the molecule is C=CCCCC(N)c1cc(C)ccc1F. The lowest BCUT2D eigenvalue weighted by molar-refractivity contribution is 0.552. The molecule has 0 spiro atoms. The average Bonchev–Trinajstić information content (AvgIpc) is 2.22. The summed E-state index contributed by atoms with van der Waals surface area (Å²) in [7, 11) is 0. The molecule has 0 bridgehead atoms. The molecule has 0 aliphatic rings. The van der Waals surface area contributed by atoms with E-state index >= 15 is 0 Å². The monoisotopic (exact) mass is 207 g/mol. The van der Waals surface area contributed by atoms with E-state index in [2.05, 4.69) is 6.58 Å². The molecule has 2 N–H and O–H groups in total. The van der Waals surface area contributed by atoms with Crippen LogP contribution in [0.5, 0.6) is 0 Å². The average molecular weight is 207 g/mol. The molecule has 1 unspecified atom stereocenters. The van der Waals surface area contributed by atoms with Crippen LogP contribution in [-0.4, -0.2) is 0 Å². The summed E-state index contributed by atoms with van der Waals surface area (Å²) in [4.78, 5) is 0. The number of rotatable bonds is 5. The first-order valence-electron chi connectivity index (χ1n) is 5.27. The lowest BCUT2D eigenvalue weighted by Crippen LogP contribution is -2.12. The Labute approximate surface area is 90.8 Å². The minimum atomic E-state index is -0.204. The molecule has 0 aliphatic heterocycles. The van der Waals surface area contributed by atoms with Gasteiger partial charge in [0.25, 0.3) is 0 Å². The van der Waals surface area contributed by atoms with Crippen LogP contribution < -0.4 is 5.73 Å². The third-order valence-electron chi connectivity index (χ3n) is 2.47. The van der Waals surface area contributed by atoms with E-state index in [1.54, 1.807) is 6.07 Å². The van der Waals surface area contributed by atoms with E-state index in [-0.39, 0.29) is 11.9 Å². The Morgan fingerprint density at radius 2 is 2.27 bits per heavy atom. The standard InChI is InChI=1S/C13H18FN/c1-3-4-5-6-13(15)11-9-10(2)7-8-12(11)14/h3,7-9,13H,1,4-6,15H2,2H3. The van der Waals surface area contributed by atoms with Gasteiger partial charge in [0.05, 0.1) is 0 Å². The number of nitrogens with two attached hydrogens (primary N) is 1. The molecule has 0 radical (unpaired) electrons. The van der Waals surface area contributed by atoms with Crippen LogP contribution in [0.25, 0.3) is 0 Å². The lowest BCUT2D eigenvalue weighted by Gasteiger charge is -2.13. The van der Waals surface area contributed by atoms with Gasteiger partial charge in [-0.3, -0.25) is 0 Å². The van der Waals surface area contributed by atoms with Crippen molar-refractivity contribution in [3.8, 4) is 0 Å². The number of benzene rings is 1. The maximum absolute atomic E-state index is 13.4. The molecule has 1 rings (SSSR count). The molecule has 15 heavy (non-hydrogen) atoms. The summed E-state index contributed by atoms with van der Waals surface area (Å²) in [6.07, 6.45) is 4.55. The van der Waals surface area contributed by atoms with Crippen molar-refractivity contribution in [2.75, 3.05) is 0 Å². The molecule has 0 saturated heterocycles. The second kappa shape index (κ2) is 5.66. The van der Waals surface area contributed by atoms with Gasteiger partial charge in [0.2, 0.25) is 0 Å². The summed E-state index contributed by atoms with van der Waals surface area (Å²) in [6.45, 7) is 5.59. The molecule has 82 valence electrons. The van der Waals surface area contributed by atoms with Crippen LogP contribution in [-0.2, 0) is 0 Å². The Morgan fingerprint density at radius 3 is 2.93 bits per heavy atom. The topological polar surface area (TPSA) is 26.0 Å². The number of aryl methyl sites for hydroxylation is 1. The third kappa shape index (κ3) is 3.48. The highest BCUT2D eigenvalue weighted by Gasteiger charge is 2.10. The molecule has 0 aliphatic carbocycles. The summed E-state index contributed by atoms with van der Waals surface area (Å²) >= 11 is 0. The molecule has 0 aromatic heterocycles. The van der Waals surface area contributed by atoms with Crippen LogP contribution in [0.4, 0.5) is 4.39 Å². The molecule has 1 atom stereocenters. The summed E-state index contributed by atoms with van der Waals surface area (Å²) < 4.78 is 13.4. The Bertz CT molecular complexity index is 333. The van der Waals surface area contributed by atoms with Gasteiger partial charge in [-0.1, -0.05) is 23.8 Å². The normalized spacial score (nSPS) is 12.5. The molecule has 2 heteroatoms. The molecule has 1 aromatic rings. The third-order valence-corrected chi connectivity index (χ3v) is 2.47. The van der Waals surface area contributed by atoms with E-state index in [4.69, 9.17) is 5.73 Å². The van der Waals surface area contributed by atoms with Crippen LogP contribution in [0.15, 0.2) is 30.9 Å². The molecule has 0 heterocycles. The molecule has 0 amide bonds. The van der Waals surface area contributed by atoms with Gasteiger partial charge in [-0.15, -0.1) is 6.58 Å². The predicted molar refractivity (Wildman–Crippen MR) is 62.1 cm³/mol. The predicted octanol–water partition coefficient (Wildman–Crippen LogP) is 3.49. The Kier molecular flexibility index (Phi) is 4.50. The second-order valence-electron chi connectivity index (χ2n) is 3.85. The Balaban J connectivity index is 2.67. The molecular formula is C13H18FN. The van der Waals surface area contributed by atoms with E-state index in [9.17, 15) is 4.39 Å². The van der Waals surface area contributed by atoms with Crippen molar-refractivity contribution in [3.63, 3.8) is 0 Å². The minimum Gasteiger partial charge on any atom is -0.324 e. The number of unbranched alkanes of at least 4 members (excludes halogenated alkanes) is 1. The first-order valence-corrected chi connectivity index (χ1v) is 5.27. The first kappa shape index (κ1) is 11.9. The van der Waals surface area contributed by atoms with Crippen molar-refractivity contribution in [2.24, 2.45) is 5.73 Å². The summed E-state index contributed by atoms with van der Waals surface area (Å²) in [5, 5.41) is 0. The van der Waals surface area contributed by atoms with Crippen molar-refractivity contribution in [3.05, 3.63) is 47.8 Å². The molecule has 1 aromatic carbocycles. The highest BCUT2D eigenvalue weighted by molar-refractivity contribution is 5.26. The first-order chi connectivity index (χ1) is 7.15. The minimum absolute atomic E-state index is 0.202. The number of hydrogen-bond acceptors (Lipinski definition) is 1. The van der Waals surface area contributed by atoms with Crippen LogP contribution in [0.1, 0.15) is 36.4 Å². The van der Waals surface area contributed by atoms with E-state index < -0.39 is 0 Å². The van der Waals surface area contributed by atoms with Crippen molar-refractivity contribution in [1.82, 2.24) is 0 Å². The smallest absolute Gasteiger partial charge is 0.127 e. The fraction of sp³-hybridized carbons (Fsp3) is 0.385. The van der Waals surface area contributed by atoms with Crippen LogP contribution in [0, 0.1) is 12.7 Å². The van der Waals surface area contributed by atoms with Gasteiger partial charge >= 0.3 is 0 Å².